The van der Waals surface area contributed by atoms with Gasteiger partial charge in [-0.25, -0.2) is 4.98 Å². The topological polar surface area (TPSA) is 100 Å². The molecular weight excluding hydrogens is 252 g/mol. The molecule has 1 aromatic rings. The molecule has 0 saturated heterocycles. The molecule has 0 fully saturated rings. The summed E-state index contributed by atoms with van der Waals surface area (Å²) in [4.78, 5) is 16.3. The van der Waals surface area contributed by atoms with E-state index in [0.29, 0.717) is 23.0 Å². The first-order valence-corrected chi connectivity index (χ1v) is 6.90. The third kappa shape index (κ3) is 4.50. The van der Waals surface area contributed by atoms with E-state index in [1.165, 1.54) is 11.3 Å². The molecule has 0 saturated carbocycles. The van der Waals surface area contributed by atoms with Crippen molar-refractivity contribution in [3.05, 3.63) is 4.88 Å². The zero-order valence-electron chi connectivity index (χ0n) is 10.5. The van der Waals surface area contributed by atoms with E-state index in [1.807, 2.05) is 0 Å². The van der Waals surface area contributed by atoms with Gasteiger partial charge in [0.25, 0.3) is 5.91 Å². The highest BCUT2D eigenvalue weighted by Crippen LogP contribution is 2.24. The van der Waals surface area contributed by atoms with Crippen molar-refractivity contribution in [2.45, 2.75) is 26.2 Å². The van der Waals surface area contributed by atoms with Gasteiger partial charge in [-0.05, 0) is 19.3 Å². The standard InChI is InChI=1S/C11H20N4O2S/c1-2-5-14-11-15-9(12)8(18-11)10(17)13-6-3-4-7-16/h16H,2-7,12H2,1H3,(H,13,17)(H,14,15). The van der Waals surface area contributed by atoms with E-state index in [9.17, 15) is 4.79 Å². The van der Waals surface area contributed by atoms with Gasteiger partial charge in [0.1, 0.15) is 10.7 Å². The van der Waals surface area contributed by atoms with Gasteiger partial charge in [-0.3, -0.25) is 4.79 Å². The van der Waals surface area contributed by atoms with Gasteiger partial charge < -0.3 is 21.5 Å². The molecule has 1 aromatic heterocycles. The molecule has 0 aliphatic heterocycles. The van der Waals surface area contributed by atoms with Gasteiger partial charge in [0.2, 0.25) is 0 Å². The third-order valence-corrected chi connectivity index (χ3v) is 3.28. The van der Waals surface area contributed by atoms with Crippen molar-refractivity contribution in [3.63, 3.8) is 0 Å². The molecule has 7 heteroatoms. The fourth-order valence-corrected chi connectivity index (χ4v) is 2.15. The molecule has 6 nitrogen and oxygen atoms in total. The van der Waals surface area contributed by atoms with Crippen LogP contribution < -0.4 is 16.4 Å². The van der Waals surface area contributed by atoms with Crippen molar-refractivity contribution in [1.29, 1.82) is 0 Å². The molecule has 0 radical (unpaired) electrons. The fraction of sp³-hybridized carbons (Fsp3) is 0.636. The van der Waals surface area contributed by atoms with Crippen molar-refractivity contribution in [2.24, 2.45) is 0 Å². The van der Waals surface area contributed by atoms with Crippen LogP contribution in [0.15, 0.2) is 0 Å². The maximum Gasteiger partial charge on any atom is 0.265 e. The molecule has 5 N–H and O–H groups in total. The van der Waals surface area contributed by atoms with Crippen LogP contribution >= 0.6 is 11.3 Å². The van der Waals surface area contributed by atoms with Crippen LogP contribution in [-0.4, -0.2) is 35.7 Å². The molecule has 1 rings (SSSR count). The Labute approximate surface area is 111 Å². The van der Waals surface area contributed by atoms with Crippen LogP contribution in [-0.2, 0) is 0 Å². The van der Waals surface area contributed by atoms with E-state index in [0.717, 1.165) is 19.4 Å². The second kappa shape index (κ2) is 7.88. The number of unbranched alkanes of at least 4 members (excludes halogenated alkanes) is 1. The number of nitrogens with zero attached hydrogens (tertiary/aromatic N) is 1. The molecule has 102 valence electrons. The van der Waals surface area contributed by atoms with Gasteiger partial charge in [0, 0.05) is 19.7 Å². The van der Waals surface area contributed by atoms with Crippen LogP contribution in [0.4, 0.5) is 10.9 Å². The molecule has 0 spiro atoms. The third-order valence-electron chi connectivity index (χ3n) is 2.26. The van der Waals surface area contributed by atoms with Crippen molar-refractivity contribution < 1.29 is 9.90 Å². The molecule has 0 aliphatic rings. The molecule has 0 unspecified atom stereocenters. The number of amides is 1. The zero-order chi connectivity index (χ0) is 13.4. The second-order valence-corrected chi connectivity index (χ2v) is 4.85. The maximum atomic E-state index is 11.8. The van der Waals surface area contributed by atoms with Crippen LogP contribution in [0.25, 0.3) is 0 Å². The number of nitrogen functional groups attached to an aromatic ring is 1. The largest absolute Gasteiger partial charge is 0.396 e. The minimum atomic E-state index is -0.201. The molecule has 0 atom stereocenters. The molecule has 18 heavy (non-hydrogen) atoms. The summed E-state index contributed by atoms with van der Waals surface area (Å²) in [5, 5.41) is 15.2. The van der Waals surface area contributed by atoms with E-state index < -0.39 is 0 Å². The zero-order valence-corrected chi connectivity index (χ0v) is 11.3. The second-order valence-electron chi connectivity index (χ2n) is 3.85. The van der Waals surface area contributed by atoms with E-state index in [4.69, 9.17) is 10.8 Å². The molecule has 0 bridgehead atoms. The number of aliphatic hydroxyl groups is 1. The lowest BCUT2D eigenvalue weighted by Crippen LogP contribution is -2.24. The number of anilines is 2. The summed E-state index contributed by atoms with van der Waals surface area (Å²) in [6.07, 6.45) is 2.42. The van der Waals surface area contributed by atoms with E-state index >= 15 is 0 Å². The summed E-state index contributed by atoms with van der Waals surface area (Å²) in [6.45, 7) is 3.54. The number of thiazole rings is 1. The monoisotopic (exact) mass is 272 g/mol. The highest BCUT2D eigenvalue weighted by Gasteiger charge is 2.15. The Morgan fingerprint density at radius 3 is 2.89 bits per heavy atom. The minimum absolute atomic E-state index is 0.143. The smallest absolute Gasteiger partial charge is 0.265 e. The lowest BCUT2D eigenvalue weighted by molar-refractivity contribution is 0.0957. The molecule has 0 aromatic carbocycles. The fourth-order valence-electron chi connectivity index (χ4n) is 1.32. The van der Waals surface area contributed by atoms with E-state index in [-0.39, 0.29) is 18.3 Å². The van der Waals surface area contributed by atoms with Gasteiger partial charge in [-0.2, -0.15) is 0 Å². The quantitative estimate of drug-likeness (QED) is 0.530. The van der Waals surface area contributed by atoms with Crippen LogP contribution in [0.1, 0.15) is 35.9 Å². The van der Waals surface area contributed by atoms with Gasteiger partial charge in [0.05, 0.1) is 0 Å². The SMILES string of the molecule is CCCNc1nc(N)c(C(=O)NCCCCO)s1. The number of carbonyl (C=O) groups excluding carboxylic acids is 1. The predicted molar refractivity (Wildman–Crippen MR) is 74.0 cm³/mol. The average Bonchev–Trinajstić information content (AvgIpc) is 2.73. The van der Waals surface area contributed by atoms with E-state index in [1.54, 1.807) is 0 Å². The first-order chi connectivity index (χ1) is 8.69. The van der Waals surface area contributed by atoms with Gasteiger partial charge in [-0.1, -0.05) is 18.3 Å². The predicted octanol–water partition coefficient (Wildman–Crippen LogP) is 1.05. The summed E-state index contributed by atoms with van der Waals surface area (Å²) in [7, 11) is 0. The summed E-state index contributed by atoms with van der Waals surface area (Å²) >= 11 is 1.26. The minimum Gasteiger partial charge on any atom is -0.396 e. The number of rotatable bonds is 8. The van der Waals surface area contributed by atoms with Gasteiger partial charge in [0.15, 0.2) is 5.13 Å². The first kappa shape index (κ1) is 14.7. The van der Waals surface area contributed by atoms with Crippen molar-refractivity contribution >= 4 is 28.2 Å². The van der Waals surface area contributed by atoms with Crippen molar-refractivity contribution in [2.75, 3.05) is 30.7 Å². The van der Waals surface area contributed by atoms with Crippen LogP contribution in [0, 0.1) is 0 Å². The van der Waals surface area contributed by atoms with Gasteiger partial charge >= 0.3 is 0 Å². The first-order valence-electron chi connectivity index (χ1n) is 6.08. The average molecular weight is 272 g/mol. The Morgan fingerprint density at radius 1 is 1.44 bits per heavy atom. The van der Waals surface area contributed by atoms with Crippen LogP contribution in [0.5, 0.6) is 0 Å². The number of nitrogens with one attached hydrogen (secondary N) is 2. The Balaban J connectivity index is 2.48. The number of carbonyl (C=O) groups is 1. The van der Waals surface area contributed by atoms with Crippen molar-refractivity contribution in [1.82, 2.24) is 10.3 Å². The Bertz CT molecular complexity index is 381. The van der Waals surface area contributed by atoms with Crippen LogP contribution in [0.2, 0.25) is 0 Å². The number of hydrogen-bond acceptors (Lipinski definition) is 6. The van der Waals surface area contributed by atoms with E-state index in [2.05, 4.69) is 22.5 Å². The Hall–Kier alpha value is -1.34. The highest BCUT2D eigenvalue weighted by atomic mass is 32.1. The molecule has 1 amide bonds. The molecule has 0 aliphatic carbocycles. The summed E-state index contributed by atoms with van der Waals surface area (Å²) in [5.41, 5.74) is 5.70. The van der Waals surface area contributed by atoms with Crippen molar-refractivity contribution in [3.8, 4) is 0 Å². The van der Waals surface area contributed by atoms with Crippen LogP contribution in [0.3, 0.4) is 0 Å². The summed E-state index contributed by atoms with van der Waals surface area (Å²) < 4.78 is 0. The lowest BCUT2D eigenvalue weighted by atomic mass is 10.3. The van der Waals surface area contributed by atoms with Gasteiger partial charge in [-0.15, -0.1) is 0 Å². The molecular formula is C11H20N4O2S. The number of nitrogens with two attached hydrogens (primary N) is 1. The summed E-state index contributed by atoms with van der Waals surface area (Å²) in [6, 6.07) is 0. The number of hydrogen-bond donors (Lipinski definition) is 4. The highest BCUT2D eigenvalue weighted by molar-refractivity contribution is 7.18. The number of aromatic nitrogens is 1. The number of aliphatic hydroxyl groups excluding tert-OH is 1. The maximum absolute atomic E-state index is 11.8. The lowest BCUT2D eigenvalue weighted by Gasteiger charge is -2.02. The molecule has 1 heterocycles. The normalized spacial score (nSPS) is 10.3. The Kier molecular flexibility index (Phi) is 6.45. The summed E-state index contributed by atoms with van der Waals surface area (Å²) in [5.74, 6) is 0.0609. The Morgan fingerprint density at radius 2 is 2.22 bits per heavy atom.